The number of rotatable bonds is 20. The van der Waals surface area contributed by atoms with Gasteiger partial charge in [-0.15, -0.1) is 11.3 Å². The van der Waals surface area contributed by atoms with Crippen LogP contribution in [-0.4, -0.2) is 86.5 Å². The molecule has 11 heteroatoms. The van der Waals surface area contributed by atoms with Crippen LogP contribution in [0, 0.1) is 5.92 Å². The van der Waals surface area contributed by atoms with E-state index in [-0.39, 0.29) is 56.2 Å². The van der Waals surface area contributed by atoms with E-state index in [2.05, 4.69) is 17.2 Å². The van der Waals surface area contributed by atoms with E-state index >= 15 is 0 Å². The molecule has 2 amide bonds. The highest BCUT2D eigenvalue weighted by Gasteiger charge is 2.23. The summed E-state index contributed by atoms with van der Waals surface area (Å²) in [5.74, 6) is -0.0622. The summed E-state index contributed by atoms with van der Waals surface area (Å²) in [4.78, 5) is 54.8. The van der Waals surface area contributed by atoms with E-state index < -0.39 is 0 Å². The zero-order valence-corrected chi connectivity index (χ0v) is 23.9. The van der Waals surface area contributed by atoms with Crippen molar-refractivity contribution >= 4 is 39.8 Å². The highest BCUT2D eigenvalue weighted by atomic mass is 32.1. The predicted octanol–water partition coefficient (Wildman–Crippen LogP) is 3.21. The standard InChI is InChI=1S/C27H43N3O7S/c1-4-6-8-20-10-11-23-24(15-20)38-27(28-23)29-25(33)18-37-19-26(34)30(3)16-22(32)9-7-12-35-13-14-36-17-21(31)5-2/h20H,4-19H2,1-3H3,(H,28,29,33)/t20-/m0/s1. The van der Waals surface area contributed by atoms with E-state index in [1.54, 1.807) is 6.92 Å². The molecule has 2 rings (SSSR count). The molecule has 0 fully saturated rings. The van der Waals surface area contributed by atoms with Crippen LogP contribution < -0.4 is 5.32 Å². The number of amides is 2. The molecule has 0 saturated heterocycles. The predicted molar refractivity (Wildman–Crippen MR) is 145 cm³/mol. The number of nitrogens with one attached hydrogen (secondary N) is 1. The average molecular weight is 554 g/mol. The van der Waals surface area contributed by atoms with E-state index in [9.17, 15) is 19.2 Å². The Hall–Kier alpha value is -2.21. The molecule has 0 saturated carbocycles. The molecular formula is C27H43N3O7S. The molecule has 1 N–H and O–H groups in total. The summed E-state index contributed by atoms with van der Waals surface area (Å²) in [5.41, 5.74) is 1.08. The minimum absolute atomic E-state index is 0.0272. The Morgan fingerprint density at radius 2 is 1.79 bits per heavy atom. The van der Waals surface area contributed by atoms with Gasteiger partial charge in [-0.1, -0.05) is 33.1 Å². The first-order chi connectivity index (χ1) is 18.3. The number of Topliss-reactive ketones (excluding diaryl/α,β-unsaturated/α-hetero) is 2. The van der Waals surface area contributed by atoms with Crippen molar-refractivity contribution in [3.05, 3.63) is 10.6 Å². The Morgan fingerprint density at radius 1 is 1.00 bits per heavy atom. The van der Waals surface area contributed by atoms with Gasteiger partial charge >= 0.3 is 0 Å². The van der Waals surface area contributed by atoms with Crippen LogP contribution in [0.1, 0.15) is 69.4 Å². The highest BCUT2D eigenvalue weighted by molar-refractivity contribution is 7.15. The largest absolute Gasteiger partial charge is 0.379 e. The number of hydrogen-bond acceptors (Lipinski definition) is 9. The molecule has 1 atom stereocenters. The van der Waals surface area contributed by atoms with Gasteiger partial charge in [0.1, 0.15) is 19.8 Å². The van der Waals surface area contributed by atoms with Crippen molar-refractivity contribution in [1.82, 2.24) is 9.88 Å². The second-order valence-corrected chi connectivity index (χ2v) is 10.7. The topological polar surface area (TPSA) is 124 Å². The molecule has 0 spiro atoms. The van der Waals surface area contributed by atoms with Crippen LogP contribution in [-0.2, 0) is 46.2 Å². The number of fused-ring (bicyclic) bond motifs is 1. The molecule has 0 unspecified atom stereocenters. The summed E-state index contributed by atoms with van der Waals surface area (Å²) >= 11 is 1.53. The molecule has 1 aliphatic rings. The van der Waals surface area contributed by atoms with Crippen LogP contribution in [0.3, 0.4) is 0 Å². The number of carbonyl (C=O) groups excluding carboxylic acids is 4. The maximum absolute atomic E-state index is 12.3. The van der Waals surface area contributed by atoms with Crippen LogP contribution >= 0.6 is 11.3 Å². The SMILES string of the molecule is CCCC[C@H]1CCc2nc(NC(=O)COCC(=O)N(C)CC(=O)CCCOCCOCC(=O)CC)sc2C1. The third kappa shape index (κ3) is 12.6. The van der Waals surface area contributed by atoms with Crippen LogP contribution in [0.15, 0.2) is 0 Å². The Morgan fingerprint density at radius 3 is 2.55 bits per heavy atom. The summed E-state index contributed by atoms with van der Waals surface area (Å²) in [5, 5.41) is 3.35. The second kappa shape index (κ2) is 18.1. The third-order valence-corrected chi connectivity index (χ3v) is 7.36. The van der Waals surface area contributed by atoms with Gasteiger partial charge in [-0.05, 0) is 31.6 Å². The van der Waals surface area contributed by atoms with Crippen LogP contribution in [0.4, 0.5) is 5.13 Å². The van der Waals surface area contributed by atoms with Gasteiger partial charge in [0.25, 0.3) is 5.91 Å². The maximum atomic E-state index is 12.3. The molecule has 214 valence electrons. The number of unbranched alkanes of at least 4 members (excludes halogenated alkanes) is 1. The monoisotopic (exact) mass is 553 g/mol. The van der Waals surface area contributed by atoms with Crippen molar-refractivity contribution in [2.75, 3.05) is 58.6 Å². The summed E-state index contributed by atoms with van der Waals surface area (Å²) in [6, 6.07) is 0. The molecule has 0 aliphatic heterocycles. The van der Waals surface area contributed by atoms with E-state index in [0.29, 0.717) is 43.7 Å². The van der Waals surface area contributed by atoms with E-state index in [1.807, 2.05) is 0 Å². The van der Waals surface area contributed by atoms with Gasteiger partial charge in [0.2, 0.25) is 5.91 Å². The van der Waals surface area contributed by atoms with Gasteiger partial charge in [0.15, 0.2) is 16.7 Å². The molecule has 1 heterocycles. The van der Waals surface area contributed by atoms with Crippen molar-refractivity contribution in [1.29, 1.82) is 0 Å². The Labute approximate surface area is 229 Å². The van der Waals surface area contributed by atoms with Crippen molar-refractivity contribution in [2.24, 2.45) is 5.92 Å². The molecule has 0 bridgehead atoms. The Kier molecular flexibility index (Phi) is 15.3. The number of anilines is 1. The average Bonchev–Trinajstić information content (AvgIpc) is 3.29. The van der Waals surface area contributed by atoms with Gasteiger partial charge in [0, 0.05) is 31.4 Å². The van der Waals surface area contributed by atoms with Gasteiger partial charge in [0.05, 0.1) is 25.5 Å². The number of nitrogens with zero attached hydrogens (tertiary/aromatic N) is 2. The molecule has 10 nitrogen and oxygen atoms in total. The minimum Gasteiger partial charge on any atom is -0.379 e. The third-order valence-electron chi connectivity index (χ3n) is 6.33. The molecule has 0 radical (unpaired) electrons. The number of ether oxygens (including phenoxy) is 3. The molecule has 1 aromatic heterocycles. The lowest BCUT2D eigenvalue weighted by atomic mass is 9.87. The first kappa shape index (κ1) is 32.0. The molecular weight excluding hydrogens is 510 g/mol. The summed E-state index contributed by atoms with van der Waals surface area (Å²) < 4.78 is 15.8. The highest BCUT2D eigenvalue weighted by Crippen LogP contribution is 2.34. The van der Waals surface area contributed by atoms with Gasteiger partial charge in [-0.2, -0.15) is 0 Å². The van der Waals surface area contributed by atoms with Crippen LogP contribution in [0.5, 0.6) is 0 Å². The molecule has 0 aromatic carbocycles. The fourth-order valence-corrected chi connectivity index (χ4v) is 5.18. The minimum atomic E-state index is -0.371. The Balaban J connectivity index is 1.54. The first-order valence-corrected chi connectivity index (χ1v) is 14.4. The number of aromatic nitrogens is 1. The number of aryl methyl sites for hydroxylation is 1. The number of ketones is 2. The van der Waals surface area contributed by atoms with Crippen molar-refractivity contribution in [3.8, 4) is 0 Å². The number of hydrogen-bond donors (Lipinski definition) is 1. The van der Waals surface area contributed by atoms with Crippen molar-refractivity contribution < 1.29 is 33.4 Å². The van der Waals surface area contributed by atoms with Crippen LogP contribution in [0.2, 0.25) is 0 Å². The van der Waals surface area contributed by atoms with Gasteiger partial charge < -0.3 is 19.1 Å². The summed E-state index contributed by atoms with van der Waals surface area (Å²) in [6.45, 7) is 4.61. The van der Waals surface area contributed by atoms with Crippen molar-refractivity contribution in [3.63, 3.8) is 0 Å². The number of likely N-dealkylation sites (N-methyl/N-ethyl adjacent to an activating group) is 1. The van der Waals surface area contributed by atoms with E-state index in [1.165, 1.54) is 47.4 Å². The lowest BCUT2D eigenvalue weighted by molar-refractivity contribution is -0.139. The summed E-state index contributed by atoms with van der Waals surface area (Å²) in [6.07, 6.45) is 8.11. The van der Waals surface area contributed by atoms with Crippen LogP contribution in [0.25, 0.3) is 0 Å². The smallest absolute Gasteiger partial charge is 0.252 e. The zero-order chi connectivity index (χ0) is 27.8. The zero-order valence-electron chi connectivity index (χ0n) is 23.1. The van der Waals surface area contributed by atoms with E-state index in [4.69, 9.17) is 14.2 Å². The quantitative estimate of drug-likeness (QED) is 0.244. The normalized spacial score (nSPS) is 14.7. The lowest BCUT2D eigenvalue weighted by Crippen LogP contribution is -2.35. The fourth-order valence-electron chi connectivity index (χ4n) is 4.04. The molecule has 38 heavy (non-hydrogen) atoms. The van der Waals surface area contributed by atoms with E-state index in [0.717, 1.165) is 25.0 Å². The fraction of sp³-hybridized carbons (Fsp3) is 0.741. The molecule has 1 aromatic rings. The maximum Gasteiger partial charge on any atom is 0.252 e. The van der Waals surface area contributed by atoms with Crippen molar-refractivity contribution in [2.45, 2.75) is 71.6 Å². The number of thiazole rings is 1. The lowest BCUT2D eigenvalue weighted by Gasteiger charge is -2.20. The Bertz CT molecular complexity index is 905. The first-order valence-electron chi connectivity index (χ1n) is 13.6. The van der Waals surface area contributed by atoms with Gasteiger partial charge in [-0.3, -0.25) is 24.5 Å². The van der Waals surface area contributed by atoms with Gasteiger partial charge in [-0.25, -0.2) is 4.98 Å². The number of carbonyl (C=O) groups is 4. The second-order valence-electron chi connectivity index (χ2n) is 9.63. The summed E-state index contributed by atoms with van der Waals surface area (Å²) in [7, 11) is 1.53. The molecule has 1 aliphatic carbocycles.